The zero-order valence-electron chi connectivity index (χ0n) is 17.5. The molecule has 1 aliphatic heterocycles. The van der Waals surface area contributed by atoms with Gasteiger partial charge in [0.05, 0.1) is 24.9 Å². The van der Waals surface area contributed by atoms with Crippen LogP contribution in [0.4, 0.5) is 10.2 Å². The highest BCUT2D eigenvalue weighted by atomic mass is 35.5. The molecule has 168 valence electrons. The number of morpholine rings is 1. The van der Waals surface area contributed by atoms with Crippen LogP contribution in [0.15, 0.2) is 42.1 Å². The number of hydrogen-bond donors (Lipinski definition) is 1. The van der Waals surface area contributed by atoms with Gasteiger partial charge >= 0.3 is 0 Å². The third-order valence-corrected chi connectivity index (χ3v) is 5.18. The molecule has 7 nitrogen and oxygen atoms in total. The molecule has 3 rings (SSSR count). The minimum Gasteiger partial charge on any atom is -0.379 e. The number of halogens is 2. The van der Waals surface area contributed by atoms with E-state index in [9.17, 15) is 4.39 Å². The highest BCUT2D eigenvalue weighted by molar-refractivity contribution is 6.25. The van der Waals surface area contributed by atoms with E-state index in [0.717, 1.165) is 49.8 Å². The first-order chi connectivity index (χ1) is 15.2. The van der Waals surface area contributed by atoms with Gasteiger partial charge in [-0.1, -0.05) is 11.6 Å². The highest BCUT2D eigenvalue weighted by Crippen LogP contribution is 2.12. The molecule has 2 atom stereocenters. The molecule has 0 saturated carbocycles. The van der Waals surface area contributed by atoms with E-state index in [2.05, 4.69) is 20.2 Å². The fourth-order valence-electron chi connectivity index (χ4n) is 3.48. The molecule has 0 spiro atoms. The van der Waals surface area contributed by atoms with Crippen molar-refractivity contribution in [2.45, 2.75) is 18.6 Å². The lowest BCUT2D eigenvalue weighted by atomic mass is 10.1. The summed E-state index contributed by atoms with van der Waals surface area (Å²) in [6.07, 6.45) is 10.7. The summed E-state index contributed by atoms with van der Waals surface area (Å²) >= 11 is 5.70. The van der Waals surface area contributed by atoms with Crippen LogP contribution in [0, 0.1) is 0 Å². The van der Waals surface area contributed by atoms with Crippen LogP contribution in [0.1, 0.15) is 6.42 Å². The van der Waals surface area contributed by atoms with Crippen LogP contribution < -0.4 is 15.9 Å². The number of allylic oxidation sites excluding steroid dienone is 3. The Labute approximate surface area is 186 Å². The molecule has 1 aromatic heterocycles. The fourth-order valence-corrected chi connectivity index (χ4v) is 3.61. The van der Waals surface area contributed by atoms with Crippen molar-refractivity contribution in [2.24, 2.45) is 0 Å². The second kappa shape index (κ2) is 12.7. The molecule has 1 N–H and O–H groups in total. The Balaban J connectivity index is 1.73. The molecule has 1 aromatic rings. The van der Waals surface area contributed by atoms with E-state index in [0.29, 0.717) is 24.5 Å². The van der Waals surface area contributed by atoms with Gasteiger partial charge in [-0.2, -0.15) is 0 Å². The molecule has 0 radical (unpaired) electrons. The van der Waals surface area contributed by atoms with Gasteiger partial charge in [0.2, 0.25) is 0 Å². The topological polar surface area (TPSA) is 68.7 Å². The Hall–Kier alpha value is -2.10. The number of aromatic nitrogens is 2. The third kappa shape index (κ3) is 6.95. The lowest BCUT2D eigenvalue weighted by Crippen LogP contribution is -2.43. The first kappa shape index (κ1) is 23.6. The molecular weight excluding hydrogens is 423 g/mol. The average Bonchev–Trinajstić information content (AvgIpc) is 2.81. The normalized spacial score (nSPS) is 22.4. The summed E-state index contributed by atoms with van der Waals surface area (Å²) in [6.45, 7) is 5.11. The van der Waals surface area contributed by atoms with Gasteiger partial charge < -0.3 is 19.5 Å². The van der Waals surface area contributed by atoms with E-state index in [4.69, 9.17) is 25.8 Å². The number of ether oxygens (including phenoxy) is 3. The number of nitrogens with one attached hydrogen (secondary N) is 1. The van der Waals surface area contributed by atoms with Crippen molar-refractivity contribution < 1.29 is 18.6 Å². The molecule has 31 heavy (non-hydrogen) atoms. The Morgan fingerprint density at radius 3 is 2.90 bits per heavy atom. The van der Waals surface area contributed by atoms with Gasteiger partial charge in [-0.05, 0) is 36.8 Å². The Morgan fingerprint density at radius 2 is 2.16 bits per heavy atom. The zero-order chi connectivity index (χ0) is 21.9. The maximum absolute atomic E-state index is 12.4. The van der Waals surface area contributed by atoms with Gasteiger partial charge in [-0.3, -0.25) is 4.90 Å². The van der Waals surface area contributed by atoms with Crippen molar-refractivity contribution >= 4 is 29.6 Å². The molecule has 0 aromatic carbocycles. The predicted octanol–water partition coefficient (Wildman–Crippen LogP) is 1.71. The van der Waals surface area contributed by atoms with Crippen LogP contribution in [0.3, 0.4) is 0 Å². The van der Waals surface area contributed by atoms with E-state index < -0.39 is 0 Å². The van der Waals surface area contributed by atoms with Crippen LogP contribution in [0.2, 0.25) is 0 Å². The zero-order valence-corrected chi connectivity index (χ0v) is 18.3. The number of nitrogens with zero attached hydrogens (tertiary/aromatic N) is 3. The molecule has 2 aliphatic rings. The Morgan fingerprint density at radius 1 is 1.32 bits per heavy atom. The SMILES string of the molecule is COC1C=c2ncnc(NC(/C=C/Cl)=C/C=C/F)c2=CC1OCCCN1CCOCC1. The van der Waals surface area contributed by atoms with Crippen molar-refractivity contribution in [3.05, 3.63) is 52.7 Å². The minimum absolute atomic E-state index is 0.245. The van der Waals surface area contributed by atoms with Crippen LogP contribution in [-0.4, -0.2) is 73.6 Å². The van der Waals surface area contributed by atoms with E-state index in [1.165, 1.54) is 17.9 Å². The highest BCUT2D eigenvalue weighted by Gasteiger charge is 2.22. The molecular formula is C22H28ClFN4O3. The maximum atomic E-state index is 12.4. The van der Waals surface area contributed by atoms with Crippen molar-refractivity contribution in [2.75, 3.05) is 51.9 Å². The molecule has 9 heteroatoms. The lowest BCUT2D eigenvalue weighted by Gasteiger charge is -2.27. The van der Waals surface area contributed by atoms with Gasteiger partial charge in [-0.15, -0.1) is 0 Å². The summed E-state index contributed by atoms with van der Waals surface area (Å²) in [4.78, 5) is 11.1. The largest absolute Gasteiger partial charge is 0.379 e. The van der Waals surface area contributed by atoms with E-state index in [1.807, 2.05) is 12.2 Å². The number of fused-ring (bicyclic) bond motifs is 1. The van der Waals surface area contributed by atoms with Crippen molar-refractivity contribution in [3.8, 4) is 0 Å². The molecule has 1 aliphatic carbocycles. The molecule has 2 unspecified atom stereocenters. The van der Waals surface area contributed by atoms with Gasteiger partial charge in [0.1, 0.15) is 24.4 Å². The van der Waals surface area contributed by atoms with Crippen LogP contribution in [-0.2, 0) is 14.2 Å². The lowest BCUT2D eigenvalue weighted by molar-refractivity contribution is -0.00396. The van der Waals surface area contributed by atoms with Crippen LogP contribution in [0.5, 0.6) is 0 Å². The molecule has 0 amide bonds. The van der Waals surface area contributed by atoms with E-state index in [-0.39, 0.29) is 12.2 Å². The van der Waals surface area contributed by atoms with Gasteiger partial charge in [0.25, 0.3) is 0 Å². The molecule has 1 fully saturated rings. The molecule has 1 saturated heterocycles. The summed E-state index contributed by atoms with van der Waals surface area (Å²) in [6, 6.07) is 0. The fraction of sp³-hybridized carbons (Fsp3) is 0.455. The van der Waals surface area contributed by atoms with Crippen molar-refractivity contribution in [1.29, 1.82) is 0 Å². The summed E-state index contributed by atoms with van der Waals surface area (Å²) < 4.78 is 29.6. The van der Waals surface area contributed by atoms with Gasteiger partial charge in [-0.25, -0.2) is 14.4 Å². The molecule has 0 bridgehead atoms. The Bertz CT molecular complexity index is 916. The first-order valence-corrected chi connectivity index (χ1v) is 10.7. The van der Waals surface area contributed by atoms with Crippen LogP contribution in [0.25, 0.3) is 12.2 Å². The predicted molar refractivity (Wildman–Crippen MR) is 120 cm³/mol. The van der Waals surface area contributed by atoms with Crippen LogP contribution >= 0.6 is 11.6 Å². The number of methoxy groups -OCH3 is 1. The van der Waals surface area contributed by atoms with E-state index in [1.54, 1.807) is 19.3 Å². The third-order valence-electron chi connectivity index (χ3n) is 5.05. The number of hydrogen-bond acceptors (Lipinski definition) is 7. The molecule has 2 heterocycles. The second-order valence-corrected chi connectivity index (χ2v) is 7.31. The van der Waals surface area contributed by atoms with Crippen molar-refractivity contribution in [1.82, 2.24) is 14.9 Å². The first-order valence-electron chi connectivity index (χ1n) is 10.2. The summed E-state index contributed by atoms with van der Waals surface area (Å²) in [5.74, 6) is 0.575. The number of rotatable bonds is 10. The Kier molecular flexibility index (Phi) is 9.64. The van der Waals surface area contributed by atoms with E-state index >= 15 is 0 Å². The quantitative estimate of drug-likeness (QED) is 0.430. The van der Waals surface area contributed by atoms with Gasteiger partial charge in [0.15, 0.2) is 0 Å². The minimum atomic E-state index is -0.268. The smallest absolute Gasteiger partial charge is 0.141 e. The second-order valence-electron chi connectivity index (χ2n) is 7.06. The summed E-state index contributed by atoms with van der Waals surface area (Å²) in [5.41, 5.74) is 1.92. The standard InChI is InChI=1S/C22H28ClFN4O3/c1-29-20-15-19-18(14-21(20)31-11-3-8-28-9-12-30-13-10-28)22(26-16-25-19)27-17(5-6-23)4-2-7-24/h2,4-7,14-16,20-21H,3,8-13H2,1H3,(H,25,26,27)/b6-5+,7-2+,17-4+. The number of anilines is 1. The van der Waals surface area contributed by atoms with Crippen molar-refractivity contribution in [3.63, 3.8) is 0 Å². The monoisotopic (exact) mass is 450 g/mol. The summed E-state index contributed by atoms with van der Waals surface area (Å²) in [5, 5.41) is 4.70. The summed E-state index contributed by atoms with van der Waals surface area (Å²) in [7, 11) is 1.65. The average molecular weight is 451 g/mol. The maximum Gasteiger partial charge on any atom is 0.141 e. The van der Waals surface area contributed by atoms with Gasteiger partial charge in [0, 0.05) is 49.8 Å².